The van der Waals surface area contributed by atoms with Crippen molar-refractivity contribution in [3.05, 3.63) is 28.8 Å². The van der Waals surface area contributed by atoms with Gasteiger partial charge in [-0.3, -0.25) is 0 Å². The molecule has 1 aromatic carbocycles. The Morgan fingerprint density at radius 2 is 1.91 bits per heavy atom. The lowest BCUT2D eigenvalue weighted by Crippen LogP contribution is -2.41. The van der Waals surface area contributed by atoms with Crippen LogP contribution in [-0.2, 0) is 9.53 Å². The molecule has 124 valence electrons. The highest BCUT2D eigenvalue weighted by Crippen LogP contribution is 2.36. The van der Waals surface area contributed by atoms with Crippen molar-refractivity contribution in [2.75, 3.05) is 6.61 Å². The van der Waals surface area contributed by atoms with Crippen LogP contribution in [-0.4, -0.2) is 24.9 Å². The average molecular weight is 348 g/mol. The summed E-state index contributed by atoms with van der Waals surface area (Å²) in [6.45, 7) is 1.06. The number of ether oxygens (including phenoxy) is 2. The zero-order chi connectivity index (χ0) is 17.1. The normalized spacial score (nSPS) is 13.6. The van der Waals surface area contributed by atoms with E-state index in [1.807, 2.05) is 0 Å². The summed E-state index contributed by atoms with van der Waals surface area (Å²) in [5.41, 5.74) is 4.93. The molecule has 0 bridgehead atoms. The second-order valence-corrected chi connectivity index (χ2v) is 4.47. The van der Waals surface area contributed by atoms with Gasteiger partial charge in [0.2, 0.25) is 0 Å². The monoisotopic (exact) mass is 347 g/mol. The number of alkyl halides is 5. The Balaban J connectivity index is 3.03. The lowest BCUT2D eigenvalue weighted by Gasteiger charge is -2.22. The second-order valence-electron chi connectivity index (χ2n) is 4.06. The van der Waals surface area contributed by atoms with Crippen molar-refractivity contribution >= 4 is 17.6 Å². The van der Waals surface area contributed by atoms with E-state index in [1.165, 1.54) is 6.92 Å². The van der Waals surface area contributed by atoms with Crippen molar-refractivity contribution in [1.82, 2.24) is 0 Å². The highest BCUT2D eigenvalue weighted by atomic mass is 35.5. The van der Waals surface area contributed by atoms with Gasteiger partial charge in [0, 0.05) is 0 Å². The van der Waals surface area contributed by atoms with Crippen LogP contribution >= 0.6 is 11.6 Å². The molecule has 22 heavy (non-hydrogen) atoms. The molecule has 1 atom stereocenters. The van der Waals surface area contributed by atoms with Crippen LogP contribution < -0.4 is 10.5 Å². The Hall–Kier alpha value is -1.61. The SMILES string of the molecule is CCOC(=O)C(F)(F)[C@@H](N)c1ccc(OC(F)(F)F)c(Cl)c1. The number of benzene rings is 1. The summed E-state index contributed by atoms with van der Waals surface area (Å²) in [5.74, 6) is -6.68. The molecular weight excluding hydrogens is 337 g/mol. The molecule has 2 N–H and O–H groups in total. The minimum atomic E-state index is -4.98. The van der Waals surface area contributed by atoms with Gasteiger partial charge in [-0.25, -0.2) is 4.79 Å². The van der Waals surface area contributed by atoms with E-state index in [0.29, 0.717) is 0 Å². The van der Waals surface area contributed by atoms with Gasteiger partial charge in [-0.1, -0.05) is 17.7 Å². The van der Waals surface area contributed by atoms with Gasteiger partial charge in [-0.15, -0.1) is 13.2 Å². The smallest absolute Gasteiger partial charge is 0.462 e. The van der Waals surface area contributed by atoms with Gasteiger partial charge in [0.05, 0.1) is 11.6 Å². The van der Waals surface area contributed by atoms with E-state index in [1.54, 1.807) is 0 Å². The number of hydrogen-bond donors (Lipinski definition) is 1. The number of rotatable bonds is 5. The molecule has 0 amide bonds. The summed E-state index contributed by atoms with van der Waals surface area (Å²) in [6, 6.07) is 0.209. The average Bonchev–Trinajstić information content (AvgIpc) is 2.39. The summed E-state index contributed by atoms with van der Waals surface area (Å²) in [5, 5.41) is -0.579. The summed E-state index contributed by atoms with van der Waals surface area (Å²) in [7, 11) is 0. The Morgan fingerprint density at radius 3 is 2.36 bits per heavy atom. The third-order valence-electron chi connectivity index (χ3n) is 2.48. The molecule has 1 rings (SSSR count). The molecule has 10 heteroatoms. The standard InChI is InChI=1S/C12H11ClF5NO3/c1-2-21-10(20)11(14,15)9(19)6-3-4-8(7(13)5-6)22-12(16,17)18/h3-5,9H,2,19H2,1H3/t9-/m0/s1. The maximum atomic E-state index is 13.7. The lowest BCUT2D eigenvalue weighted by atomic mass is 10.0. The van der Waals surface area contributed by atoms with E-state index in [0.717, 1.165) is 18.2 Å². The first kappa shape index (κ1) is 18.4. The molecule has 0 aliphatic rings. The fraction of sp³-hybridized carbons (Fsp3) is 0.417. The third-order valence-corrected chi connectivity index (χ3v) is 2.77. The molecule has 0 saturated heterocycles. The van der Waals surface area contributed by atoms with E-state index in [2.05, 4.69) is 9.47 Å². The molecule has 0 aromatic heterocycles. The summed E-state index contributed by atoms with van der Waals surface area (Å²) in [6.07, 6.45) is -4.98. The number of hydrogen-bond acceptors (Lipinski definition) is 4. The minimum absolute atomic E-state index is 0.278. The number of nitrogens with two attached hydrogens (primary N) is 1. The van der Waals surface area contributed by atoms with Crippen molar-refractivity contribution in [2.45, 2.75) is 25.3 Å². The molecule has 0 unspecified atom stereocenters. The molecule has 0 spiro atoms. The Morgan fingerprint density at radius 1 is 1.32 bits per heavy atom. The van der Waals surface area contributed by atoms with Crippen LogP contribution in [0.2, 0.25) is 5.02 Å². The van der Waals surface area contributed by atoms with Crippen molar-refractivity contribution in [3.63, 3.8) is 0 Å². The molecule has 4 nitrogen and oxygen atoms in total. The van der Waals surface area contributed by atoms with Gasteiger partial charge in [-0.2, -0.15) is 8.78 Å². The van der Waals surface area contributed by atoms with Gasteiger partial charge in [0.25, 0.3) is 0 Å². The van der Waals surface area contributed by atoms with Crippen molar-refractivity contribution < 1.29 is 36.2 Å². The van der Waals surface area contributed by atoms with E-state index >= 15 is 0 Å². The molecule has 0 aliphatic heterocycles. The number of carbonyl (C=O) groups excluding carboxylic acids is 1. The number of carbonyl (C=O) groups is 1. The molecule has 1 aromatic rings. The van der Waals surface area contributed by atoms with Crippen LogP contribution in [0.5, 0.6) is 5.75 Å². The first-order chi connectivity index (χ1) is 9.99. The lowest BCUT2D eigenvalue weighted by molar-refractivity contribution is -0.274. The van der Waals surface area contributed by atoms with Gasteiger partial charge >= 0.3 is 18.3 Å². The summed E-state index contributed by atoms with van der Waals surface area (Å²) < 4.78 is 71.5. The maximum absolute atomic E-state index is 13.7. The topological polar surface area (TPSA) is 61.5 Å². The third kappa shape index (κ3) is 4.44. The van der Waals surface area contributed by atoms with Gasteiger partial charge < -0.3 is 15.2 Å². The van der Waals surface area contributed by atoms with E-state index < -0.39 is 35.1 Å². The number of esters is 1. The van der Waals surface area contributed by atoms with Gasteiger partial charge in [-0.05, 0) is 24.6 Å². The fourth-order valence-electron chi connectivity index (χ4n) is 1.48. The molecule has 0 radical (unpaired) electrons. The first-order valence-electron chi connectivity index (χ1n) is 5.84. The predicted molar refractivity (Wildman–Crippen MR) is 66.6 cm³/mol. The Labute approximate surface area is 126 Å². The first-order valence-corrected chi connectivity index (χ1v) is 6.22. The predicted octanol–water partition coefficient (Wildman–Crippen LogP) is 3.44. The van der Waals surface area contributed by atoms with Crippen LogP contribution in [0.1, 0.15) is 18.5 Å². The molecule has 0 saturated carbocycles. The van der Waals surface area contributed by atoms with Gasteiger partial charge in [0.1, 0.15) is 11.8 Å². The molecule has 0 heterocycles. The van der Waals surface area contributed by atoms with Crippen LogP contribution in [0.25, 0.3) is 0 Å². The van der Waals surface area contributed by atoms with Gasteiger partial charge in [0.15, 0.2) is 0 Å². The second kappa shape index (κ2) is 6.66. The highest BCUT2D eigenvalue weighted by Gasteiger charge is 2.48. The number of halogens is 6. The van der Waals surface area contributed by atoms with Crippen molar-refractivity contribution in [1.29, 1.82) is 0 Å². The maximum Gasteiger partial charge on any atom is 0.573 e. The zero-order valence-corrected chi connectivity index (χ0v) is 11.8. The van der Waals surface area contributed by atoms with Crippen molar-refractivity contribution in [3.8, 4) is 5.75 Å². The molecule has 0 aliphatic carbocycles. The van der Waals surface area contributed by atoms with Crippen LogP contribution in [0, 0.1) is 0 Å². The largest absolute Gasteiger partial charge is 0.573 e. The van der Waals surface area contributed by atoms with Crippen LogP contribution in [0.15, 0.2) is 18.2 Å². The van der Waals surface area contributed by atoms with E-state index in [-0.39, 0.29) is 12.2 Å². The van der Waals surface area contributed by atoms with E-state index in [4.69, 9.17) is 17.3 Å². The molecular formula is C12H11ClF5NO3. The Kier molecular flexibility index (Phi) is 5.58. The van der Waals surface area contributed by atoms with Crippen LogP contribution in [0.3, 0.4) is 0 Å². The molecule has 0 fully saturated rings. The fourth-order valence-corrected chi connectivity index (χ4v) is 1.71. The highest BCUT2D eigenvalue weighted by molar-refractivity contribution is 6.32. The summed E-state index contributed by atoms with van der Waals surface area (Å²) in [4.78, 5) is 11.2. The van der Waals surface area contributed by atoms with Crippen LogP contribution in [0.4, 0.5) is 22.0 Å². The minimum Gasteiger partial charge on any atom is -0.462 e. The Bertz CT molecular complexity index is 550. The van der Waals surface area contributed by atoms with Crippen molar-refractivity contribution in [2.24, 2.45) is 5.73 Å². The summed E-state index contributed by atoms with van der Waals surface area (Å²) >= 11 is 5.53. The zero-order valence-electron chi connectivity index (χ0n) is 11.1. The van der Waals surface area contributed by atoms with E-state index in [9.17, 15) is 26.7 Å². The quantitative estimate of drug-likeness (QED) is 0.655.